The molecule has 0 bridgehead atoms. The zero-order valence-corrected chi connectivity index (χ0v) is 14.2. The minimum atomic E-state index is -0.557. The van der Waals surface area contributed by atoms with Crippen molar-refractivity contribution in [3.05, 3.63) is 64.2 Å². The molecular weight excluding hydrogens is 334 g/mol. The minimum Gasteiger partial charge on any atom is -0.465 e. The van der Waals surface area contributed by atoms with Crippen LogP contribution in [-0.4, -0.2) is 37.5 Å². The molecule has 0 saturated heterocycles. The van der Waals surface area contributed by atoms with Gasteiger partial charge in [-0.25, -0.2) is 9.31 Å². The van der Waals surface area contributed by atoms with Crippen LogP contribution in [0.4, 0.5) is 0 Å². The lowest BCUT2D eigenvalue weighted by Crippen LogP contribution is -2.20. The highest BCUT2D eigenvalue weighted by molar-refractivity contribution is 5.96. The van der Waals surface area contributed by atoms with Gasteiger partial charge < -0.3 is 4.74 Å². The zero-order chi connectivity index (χ0) is 18.3. The van der Waals surface area contributed by atoms with E-state index in [0.717, 1.165) is 12.1 Å². The van der Waals surface area contributed by atoms with Crippen LogP contribution in [0.2, 0.25) is 0 Å². The van der Waals surface area contributed by atoms with Crippen molar-refractivity contribution < 1.29 is 9.53 Å². The number of methoxy groups -OCH3 is 1. The number of carbonyl (C=O) groups is 1. The molecule has 8 nitrogen and oxygen atoms in total. The van der Waals surface area contributed by atoms with Gasteiger partial charge in [0.15, 0.2) is 11.2 Å². The summed E-state index contributed by atoms with van der Waals surface area (Å²) in [5, 5.41) is 12.2. The fraction of sp³-hybridized carbons (Fsp3) is 0.167. The number of benzene rings is 1. The lowest BCUT2D eigenvalue weighted by atomic mass is 10.1. The summed E-state index contributed by atoms with van der Waals surface area (Å²) in [5.41, 5.74) is 2.70. The monoisotopic (exact) mass is 349 g/mol. The van der Waals surface area contributed by atoms with Gasteiger partial charge in [0.2, 0.25) is 0 Å². The lowest BCUT2D eigenvalue weighted by Gasteiger charge is -2.08. The second kappa shape index (κ2) is 6.07. The first-order chi connectivity index (χ1) is 12.6. The number of nitrogens with zero attached hydrogens (tertiary/aromatic N) is 5. The molecule has 4 rings (SSSR count). The van der Waals surface area contributed by atoms with Crippen molar-refractivity contribution in [1.29, 1.82) is 0 Å². The quantitative estimate of drug-likeness (QED) is 0.524. The number of pyridine rings is 1. The number of carbonyl (C=O) groups excluding carboxylic acids is 1. The standard InChI is InChI=1S/C18H15N5O3/c1-3-11-4-6-12(7-5-11)22-9-8-14-15(17(22)24)20-21-16-13(18(25)26-2)10-19-23(14)16/h4-10H,3H2,1-2H3. The number of aromatic nitrogens is 5. The van der Waals surface area contributed by atoms with E-state index in [1.807, 2.05) is 24.3 Å². The fourth-order valence-corrected chi connectivity index (χ4v) is 2.84. The molecule has 0 radical (unpaired) electrons. The Morgan fingerprint density at radius 2 is 1.92 bits per heavy atom. The van der Waals surface area contributed by atoms with Gasteiger partial charge in [-0.15, -0.1) is 10.2 Å². The van der Waals surface area contributed by atoms with Crippen LogP contribution < -0.4 is 5.56 Å². The van der Waals surface area contributed by atoms with Gasteiger partial charge in [-0.1, -0.05) is 19.1 Å². The van der Waals surface area contributed by atoms with E-state index in [0.29, 0.717) is 5.52 Å². The third kappa shape index (κ3) is 2.34. The van der Waals surface area contributed by atoms with Crippen LogP contribution in [0.5, 0.6) is 0 Å². The van der Waals surface area contributed by atoms with Crippen LogP contribution in [0.15, 0.2) is 47.5 Å². The summed E-state index contributed by atoms with van der Waals surface area (Å²) in [6.45, 7) is 2.07. The van der Waals surface area contributed by atoms with Crippen LogP contribution >= 0.6 is 0 Å². The smallest absolute Gasteiger partial charge is 0.343 e. The van der Waals surface area contributed by atoms with Crippen LogP contribution in [0.1, 0.15) is 22.8 Å². The number of fused-ring (bicyclic) bond motifs is 3. The predicted molar refractivity (Wildman–Crippen MR) is 94.6 cm³/mol. The Hall–Kier alpha value is -3.55. The zero-order valence-electron chi connectivity index (χ0n) is 14.2. The van der Waals surface area contributed by atoms with E-state index in [-0.39, 0.29) is 22.3 Å². The third-order valence-corrected chi connectivity index (χ3v) is 4.29. The first-order valence-corrected chi connectivity index (χ1v) is 8.07. The first kappa shape index (κ1) is 15.9. The number of hydrogen-bond donors (Lipinski definition) is 0. The highest BCUT2D eigenvalue weighted by Gasteiger charge is 2.18. The Labute approximate surface area is 147 Å². The van der Waals surface area contributed by atoms with Crippen molar-refractivity contribution in [2.45, 2.75) is 13.3 Å². The van der Waals surface area contributed by atoms with Gasteiger partial charge in [-0.05, 0) is 30.2 Å². The Balaban J connectivity index is 1.92. The molecule has 26 heavy (non-hydrogen) atoms. The Bertz CT molecular complexity index is 1190. The van der Waals surface area contributed by atoms with Crippen molar-refractivity contribution in [1.82, 2.24) is 24.4 Å². The van der Waals surface area contributed by atoms with Crippen molar-refractivity contribution in [2.75, 3.05) is 7.11 Å². The molecule has 0 saturated carbocycles. The van der Waals surface area contributed by atoms with Crippen LogP contribution in [0.25, 0.3) is 22.4 Å². The Kier molecular flexibility index (Phi) is 3.72. The average molecular weight is 349 g/mol. The second-order valence-electron chi connectivity index (χ2n) is 5.73. The van der Waals surface area contributed by atoms with Gasteiger partial charge in [0, 0.05) is 11.9 Å². The van der Waals surface area contributed by atoms with E-state index < -0.39 is 5.97 Å². The maximum atomic E-state index is 12.9. The largest absolute Gasteiger partial charge is 0.465 e. The normalized spacial score (nSPS) is 11.2. The number of aryl methyl sites for hydroxylation is 1. The van der Waals surface area contributed by atoms with E-state index in [4.69, 9.17) is 4.74 Å². The molecule has 8 heteroatoms. The van der Waals surface area contributed by atoms with Gasteiger partial charge >= 0.3 is 5.97 Å². The fourth-order valence-electron chi connectivity index (χ4n) is 2.84. The maximum absolute atomic E-state index is 12.9. The highest BCUT2D eigenvalue weighted by Crippen LogP contribution is 2.15. The molecule has 0 aliphatic heterocycles. The molecule has 3 aromatic heterocycles. The molecule has 0 N–H and O–H groups in total. The molecule has 3 heterocycles. The van der Waals surface area contributed by atoms with E-state index in [9.17, 15) is 9.59 Å². The number of esters is 1. The highest BCUT2D eigenvalue weighted by atomic mass is 16.5. The van der Waals surface area contributed by atoms with Crippen molar-refractivity contribution in [3.8, 4) is 5.69 Å². The Morgan fingerprint density at radius 3 is 2.62 bits per heavy atom. The summed E-state index contributed by atoms with van der Waals surface area (Å²) >= 11 is 0. The van der Waals surface area contributed by atoms with E-state index in [2.05, 4.69) is 22.2 Å². The topological polar surface area (TPSA) is 91.4 Å². The number of hydrogen-bond acceptors (Lipinski definition) is 6. The predicted octanol–water partition coefficient (Wildman–Crippen LogP) is 1.78. The van der Waals surface area contributed by atoms with Gasteiger partial charge in [0.05, 0.1) is 13.3 Å². The van der Waals surface area contributed by atoms with Crippen molar-refractivity contribution in [3.63, 3.8) is 0 Å². The maximum Gasteiger partial charge on any atom is 0.343 e. The minimum absolute atomic E-state index is 0.166. The van der Waals surface area contributed by atoms with E-state index in [1.165, 1.54) is 28.0 Å². The molecule has 0 aliphatic rings. The molecule has 130 valence electrons. The molecule has 0 unspecified atom stereocenters. The summed E-state index contributed by atoms with van der Waals surface area (Å²) in [6, 6.07) is 9.47. The lowest BCUT2D eigenvalue weighted by molar-refractivity contribution is 0.0602. The van der Waals surface area contributed by atoms with E-state index in [1.54, 1.807) is 12.3 Å². The molecule has 0 atom stereocenters. The van der Waals surface area contributed by atoms with Crippen molar-refractivity contribution >= 4 is 22.6 Å². The molecule has 0 aliphatic carbocycles. The van der Waals surface area contributed by atoms with Gasteiger partial charge in [0.1, 0.15) is 11.1 Å². The van der Waals surface area contributed by atoms with Gasteiger partial charge in [0.25, 0.3) is 5.56 Å². The SMILES string of the molecule is CCc1ccc(-n2ccc3c(nnc4c(C(=O)OC)cnn43)c2=O)cc1. The summed E-state index contributed by atoms with van der Waals surface area (Å²) in [4.78, 5) is 24.6. The molecule has 0 amide bonds. The molecule has 0 fully saturated rings. The Morgan fingerprint density at radius 1 is 1.15 bits per heavy atom. The molecular formula is C18H15N5O3. The summed E-state index contributed by atoms with van der Waals surface area (Å²) in [6.07, 6.45) is 3.94. The molecule has 4 aromatic rings. The number of ether oxygens (including phenoxy) is 1. The second-order valence-corrected chi connectivity index (χ2v) is 5.73. The van der Waals surface area contributed by atoms with Gasteiger partial charge in [-0.2, -0.15) is 5.10 Å². The van der Waals surface area contributed by atoms with Gasteiger partial charge in [-0.3, -0.25) is 9.36 Å². The van der Waals surface area contributed by atoms with Crippen LogP contribution in [-0.2, 0) is 11.2 Å². The molecule has 1 aromatic carbocycles. The van der Waals surface area contributed by atoms with Crippen molar-refractivity contribution in [2.24, 2.45) is 0 Å². The van der Waals surface area contributed by atoms with Crippen LogP contribution in [0.3, 0.4) is 0 Å². The third-order valence-electron chi connectivity index (χ3n) is 4.29. The summed E-state index contributed by atoms with van der Waals surface area (Å²) < 4.78 is 7.63. The van der Waals surface area contributed by atoms with Crippen LogP contribution in [0, 0.1) is 0 Å². The first-order valence-electron chi connectivity index (χ1n) is 8.07. The molecule has 0 spiro atoms. The number of rotatable bonds is 3. The summed E-state index contributed by atoms with van der Waals surface area (Å²) in [7, 11) is 1.28. The van der Waals surface area contributed by atoms with E-state index >= 15 is 0 Å². The average Bonchev–Trinajstić information content (AvgIpc) is 3.12. The summed E-state index contributed by atoms with van der Waals surface area (Å²) in [5.74, 6) is -0.557.